The summed E-state index contributed by atoms with van der Waals surface area (Å²) in [7, 11) is -4.42. The van der Waals surface area contributed by atoms with Crippen molar-refractivity contribution in [1.29, 1.82) is 0 Å². The number of carbonyl (C=O) groups excluding carboxylic acids is 1. The van der Waals surface area contributed by atoms with E-state index >= 15 is 0 Å². The van der Waals surface area contributed by atoms with E-state index < -0.39 is 39.2 Å². The van der Waals surface area contributed by atoms with Gasteiger partial charge in [-0.3, -0.25) is 9.10 Å². The average Bonchev–Trinajstić information content (AvgIpc) is 3.33. The van der Waals surface area contributed by atoms with Crippen LogP contribution >= 0.6 is 11.6 Å². The Bertz CT molecular complexity index is 1700. The number of rotatable bonds is 7. The summed E-state index contributed by atoms with van der Waals surface area (Å²) in [5.41, 5.74) is 3.95. The van der Waals surface area contributed by atoms with E-state index in [-0.39, 0.29) is 10.6 Å². The first kappa shape index (κ1) is 26.7. The molecule has 0 radical (unpaired) electrons. The van der Waals surface area contributed by atoms with Crippen molar-refractivity contribution in [3.8, 4) is 0 Å². The first-order valence-electron chi connectivity index (χ1n) is 11.9. The zero-order valence-corrected chi connectivity index (χ0v) is 21.8. The van der Waals surface area contributed by atoms with E-state index in [1.54, 1.807) is 6.07 Å². The Morgan fingerprint density at radius 1 is 0.974 bits per heavy atom. The fourth-order valence-electron chi connectivity index (χ4n) is 4.64. The molecule has 4 aromatic rings. The number of carbonyl (C=O) groups is 1. The number of sulfonamides is 1. The number of nitrogens with zero attached hydrogens (tertiary/aromatic N) is 2. The standard InChI is InChI=1S/C28H21ClF3N3O3S/c29-25-14-13-21(15-24(25)28(30,31)32)35(39(37,38)22-6-2-1-3-7-22)17-26(36)34-33-16-20-12-11-19-10-9-18-5-4-8-23(20)27(18)19/h1-8,11-16H,9-10,17H2,(H,34,36)/b33-16+. The highest BCUT2D eigenvalue weighted by Gasteiger charge is 2.35. The molecule has 0 aromatic heterocycles. The van der Waals surface area contributed by atoms with E-state index in [4.69, 9.17) is 11.6 Å². The highest BCUT2D eigenvalue weighted by molar-refractivity contribution is 7.92. The van der Waals surface area contributed by atoms with Gasteiger partial charge in [0.1, 0.15) is 6.54 Å². The van der Waals surface area contributed by atoms with Gasteiger partial charge in [-0.1, -0.05) is 60.1 Å². The number of hydrogen-bond donors (Lipinski definition) is 1. The third-order valence-corrected chi connectivity index (χ3v) is 8.58. The summed E-state index contributed by atoms with van der Waals surface area (Å²) in [5, 5.41) is 5.55. The molecule has 0 heterocycles. The van der Waals surface area contributed by atoms with Crippen molar-refractivity contribution in [3.05, 3.63) is 106 Å². The highest BCUT2D eigenvalue weighted by Crippen LogP contribution is 2.38. The summed E-state index contributed by atoms with van der Waals surface area (Å²) in [6, 6.07) is 19.7. The van der Waals surface area contributed by atoms with E-state index in [0.717, 1.165) is 41.3 Å². The number of hydrogen-bond acceptors (Lipinski definition) is 4. The predicted molar refractivity (Wildman–Crippen MR) is 145 cm³/mol. The van der Waals surface area contributed by atoms with E-state index in [1.807, 2.05) is 24.3 Å². The first-order valence-corrected chi connectivity index (χ1v) is 13.7. The monoisotopic (exact) mass is 571 g/mol. The maximum atomic E-state index is 13.5. The molecule has 0 saturated carbocycles. The summed E-state index contributed by atoms with van der Waals surface area (Å²) in [5.74, 6) is -0.847. The largest absolute Gasteiger partial charge is 0.417 e. The van der Waals surface area contributed by atoms with Crippen LogP contribution in [0.3, 0.4) is 0 Å². The summed E-state index contributed by atoms with van der Waals surface area (Å²) < 4.78 is 68.0. The first-order chi connectivity index (χ1) is 18.6. The summed E-state index contributed by atoms with van der Waals surface area (Å²) >= 11 is 5.73. The van der Waals surface area contributed by atoms with E-state index in [2.05, 4.69) is 16.6 Å². The van der Waals surface area contributed by atoms with Crippen LogP contribution in [0.2, 0.25) is 5.02 Å². The molecule has 1 aliphatic carbocycles. The van der Waals surface area contributed by atoms with Gasteiger partial charge in [0, 0.05) is 5.56 Å². The molecule has 39 heavy (non-hydrogen) atoms. The molecule has 0 fully saturated rings. The van der Waals surface area contributed by atoms with Crippen molar-refractivity contribution in [1.82, 2.24) is 5.43 Å². The average molecular weight is 572 g/mol. The Balaban J connectivity index is 1.43. The Morgan fingerprint density at radius 3 is 2.41 bits per heavy atom. The van der Waals surface area contributed by atoms with Gasteiger partial charge < -0.3 is 0 Å². The van der Waals surface area contributed by atoms with Crippen LogP contribution < -0.4 is 9.73 Å². The molecule has 200 valence electrons. The molecule has 0 aliphatic heterocycles. The smallest absolute Gasteiger partial charge is 0.271 e. The minimum absolute atomic E-state index is 0.197. The fraction of sp³-hybridized carbons (Fsp3) is 0.143. The molecule has 0 spiro atoms. The number of hydrazone groups is 1. The third-order valence-electron chi connectivity index (χ3n) is 6.47. The van der Waals surface area contributed by atoms with Crippen molar-refractivity contribution in [2.45, 2.75) is 23.9 Å². The number of halogens is 4. The zero-order valence-electron chi connectivity index (χ0n) is 20.2. The Morgan fingerprint density at radius 2 is 1.69 bits per heavy atom. The molecular weight excluding hydrogens is 551 g/mol. The van der Waals surface area contributed by atoms with E-state index in [1.165, 1.54) is 41.6 Å². The lowest BCUT2D eigenvalue weighted by atomic mass is 10.0. The number of aryl methyl sites for hydroxylation is 2. The van der Waals surface area contributed by atoms with Gasteiger partial charge in [0.05, 0.1) is 27.4 Å². The molecule has 6 nitrogen and oxygen atoms in total. The van der Waals surface area contributed by atoms with Gasteiger partial charge in [-0.05, 0) is 65.1 Å². The van der Waals surface area contributed by atoms with Crippen molar-refractivity contribution in [3.63, 3.8) is 0 Å². The molecule has 1 amide bonds. The molecular formula is C28H21ClF3N3O3S. The van der Waals surface area contributed by atoms with Crippen LogP contribution in [-0.2, 0) is 33.8 Å². The van der Waals surface area contributed by atoms with Crippen LogP contribution in [0.1, 0.15) is 22.3 Å². The van der Waals surface area contributed by atoms with Gasteiger partial charge in [0.2, 0.25) is 0 Å². The molecule has 4 aromatic carbocycles. The van der Waals surface area contributed by atoms with E-state index in [0.29, 0.717) is 10.4 Å². The second-order valence-electron chi connectivity index (χ2n) is 8.93. The van der Waals surface area contributed by atoms with E-state index in [9.17, 15) is 26.4 Å². The van der Waals surface area contributed by atoms with Gasteiger partial charge >= 0.3 is 6.18 Å². The van der Waals surface area contributed by atoms with Crippen molar-refractivity contribution >= 4 is 50.2 Å². The minimum Gasteiger partial charge on any atom is -0.271 e. The van der Waals surface area contributed by atoms with Gasteiger partial charge in [-0.15, -0.1) is 0 Å². The predicted octanol–water partition coefficient (Wildman–Crippen LogP) is 5.96. The Hall–Kier alpha value is -3.89. The SMILES string of the molecule is O=C(CN(c1ccc(Cl)c(C(F)(F)F)c1)S(=O)(=O)c1ccccc1)N/N=C/c1ccc2c3c(cccc13)CC2. The summed E-state index contributed by atoms with van der Waals surface area (Å²) in [6.07, 6.45) is -1.46. The van der Waals surface area contributed by atoms with Gasteiger partial charge in [-0.2, -0.15) is 18.3 Å². The van der Waals surface area contributed by atoms with Crippen LogP contribution in [0, 0.1) is 0 Å². The highest BCUT2D eigenvalue weighted by atomic mass is 35.5. The second kappa shape index (κ2) is 10.3. The molecule has 1 aliphatic rings. The third kappa shape index (κ3) is 5.35. The van der Waals surface area contributed by atoms with Crippen LogP contribution in [0.5, 0.6) is 0 Å². The number of nitrogens with one attached hydrogen (secondary N) is 1. The molecule has 0 bridgehead atoms. The van der Waals surface area contributed by atoms with Crippen molar-refractivity contribution in [2.24, 2.45) is 5.10 Å². The normalized spacial score (nSPS) is 13.2. The molecule has 0 saturated heterocycles. The zero-order chi connectivity index (χ0) is 27.8. The Kier molecular flexibility index (Phi) is 7.09. The van der Waals surface area contributed by atoms with Crippen molar-refractivity contribution in [2.75, 3.05) is 10.8 Å². The van der Waals surface area contributed by atoms with Crippen LogP contribution in [0.4, 0.5) is 18.9 Å². The number of alkyl halides is 3. The molecule has 0 unspecified atom stereocenters. The van der Waals surface area contributed by atoms with Crippen LogP contribution in [-0.4, -0.2) is 27.1 Å². The van der Waals surface area contributed by atoms with Crippen LogP contribution in [0.25, 0.3) is 10.8 Å². The lowest BCUT2D eigenvalue weighted by molar-refractivity contribution is -0.137. The fourth-order valence-corrected chi connectivity index (χ4v) is 6.30. The quantitative estimate of drug-likeness (QED) is 0.220. The number of benzene rings is 4. The summed E-state index contributed by atoms with van der Waals surface area (Å²) in [4.78, 5) is 12.6. The lowest BCUT2D eigenvalue weighted by Gasteiger charge is -2.24. The van der Waals surface area contributed by atoms with Gasteiger partial charge in [-0.25, -0.2) is 13.8 Å². The minimum atomic E-state index is -4.83. The number of amides is 1. The molecule has 5 rings (SSSR count). The molecule has 11 heteroatoms. The maximum absolute atomic E-state index is 13.5. The topological polar surface area (TPSA) is 78.8 Å². The lowest BCUT2D eigenvalue weighted by Crippen LogP contribution is -2.39. The molecule has 0 atom stereocenters. The maximum Gasteiger partial charge on any atom is 0.417 e. The Labute approximate surface area is 227 Å². The summed E-state index contributed by atoms with van der Waals surface area (Å²) in [6.45, 7) is -0.822. The second-order valence-corrected chi connectivity index (χ2v) is 11.2. The molecule has 1 N–H and O–H groups in total. The van der Waals surface area contributed by atoms with Gasteiger partial charge in [0.25, 0.3) is 15.9 Å². The van der Waals surface area contributed by atoms with Crippen LogP contribution in [0.15, 0.2) is 88.9 Å². The van der Waals surface area contributed by atoms with Crippen molar-refractivity contribution < 1.29 is 26.4 Å². The van der Waals surface area contributed by atoms with Gasteiger partial charge in [0.15, 0.2) is 0 Å². The number of anilines is 1.